The fourth-order valence-corrected chi connectivity index (χ4v) is 5.72. The van der Waals surface area contributed by atoms with Crippen molar-refractivity contribution in [2.45, 2.75) is 71.1 Å². The molecule has 0 radical (unpaired) electrons. The van der Waals surface area contributed by atoms with E-state index in [1.807, 2.05) is 31.2 Å². The zero-order valence-corrected chi connectivity index (χ0v) is 18.5. The van der Waals surface area contributed by atoms with Gasteiger partial charge in [-0.15, -0.1) is 0 Å². The molecule has 0 spiro atoms. The van der Waals surface area contributed by atoms with Gasteiger partial charge in [0.1, 0.15) is 18.1 Å². The molecule has 30 heavy (non-hydrogen) atoms. The van der Waals surface area contributed by atoms with Crippen LogP contribution in [0.25, 0.3) is 21.7 Å². The summed E-state index contributed by atoms with van der Waals surface area (Å²) in [5, 5.41) is 6.32. The van der Waals surface area contributed by atoms with E-state index >= 15 is 0 Å². The van der Waals surface area contributed by atoms with E-state index in [2.05, 4.69) is 44.0 Å². The number of piperidine rings is 1. The minimum atomic E-state index is -0.294. The van der Waals surface area contributed by atoms with Gasteiger partial charge in [-0.05, 0) is 65.0 Å². The number of rotatable bonds is 1. The SMILES string of the molecule is Cc1c2c(cc3c1oc(=O)c1ccccc13)CN(C1CC(C)(C)NC(C)(C)C1)CO2. The van der Waals surface area contributed by atoms with Crippen molar-refractivity contribution < 1.29 is 9.15 Å². The molecule has 5 nitrogen and oxygen atoms in total. The summed E-state index contributed by atoms with van der Waals surface area (Å²) in [6.07, 6.45) is 2.17. The Bertz CT molecular complexity index is 1190. The summed E-state index contributed by atoms with van der Waals surface area (Å²) < 4.78 is 12.0. The first kappa shape index (κ1) is 19.6. The Hall–Kier alpha value is -2.37. The Morgan fingerprint density at radius 2 is 1.70 bits per heavy atom. The molecule has 0 bridgehead atoms. The van der Waals surface area contributed by atoms with Crippen LogP contribution in [0.2, 0.25) is 0 Å². The maximum atomic E-state index is 12.5. The summed E-state index contributed by atoms with van der Waals surface area (Å²) in [5.41, 5.74) is 2.60. The van der Waals surface area contributed by atoms with Crippen molar-refractivity contribution >= 4 is 21.7 Å². The molecule has 1 saturated heterocycles. The molecule has 1 fully saturated rings. The van der Waals surface area contributed by atoms with Crippen LogP contribution < -0.4 is 15.7 Å². The molecule has 5 heteroatoms. The predicted molar refractivity (Wildman–Crippen MR) is 120 cm³/mol. The Balaban J connectivity index is 1.58. The number of ether oxygens (including phenoxy) is 1. The molecule has 0 atom stereocenters. The molecular formula is C25H30N2O3. The van der Waals surface area contributed by atoms with Crippen LogP contribution in [0.3, 0.4) is 0 Å². The van der Waals surface area contributed by atoms with E-state index in [0.717, 1.165) is 41.5 Å². The first-order valence-corrected chi connectivity index (χ1v) is 10.8. The number of nitrogens with one attached hydrogen (secondary N) is 1. The summed E-state index contributed by atoms with van der Waals surface area (Å²) in [4.78, 5) is 14.9. The van der Waals surface area contributed by atoms with Crippen molar-refractivity contribution in [1.29, 1.82) is 0 Å². The highest BCUT2D eigenvalue weighted by Gasteiger charge is 2.41. The lowest BCUT2D eigenvalue weighted by Gasteiger charge is -2.50. The zero-order valence-electron chi connectivity index (χ0n) is 18.5. The summed E-state index contributed by atoms with van der Waals surface area (Å²) in [7, 11) is 0. The highest BCUT2D eigenvalue weighted by atomic mass is 16.5. The Morgan fingerprint density at radius 1 is 1.03 bits per heavy atom. The zero-order chi connectivity index (χ0) is 21.3. The van der Waals surface area contributed by atoms with Gasteiger partial charge >= 0.3 is 5.63 Å². The minimum Gasteiger partial charge on any atom is -0.477 e. The van der Waals surface area contributed by atoms with Crippen molar-refractivity contribution in [3.05, 3.63) is 51.9 Å². The van der Waals surface area contributed by atoms with Gasteiger partial charge in [0.15, 0.2) is 0 Å². The van der Waals surface area contributed by atoms with Crippen LogP contribution in [0.1, 0.15) is 51.7 Å². The van der Waals surface area contributed by atoms with E-state index in [1.165, 1.54) is 5.56 Å². The molecule has 1 N–H and O–H groups in total. The van der Waals surface area contributed by atoms with Gasteiger partial charge in [-0.2, -0.15) is 0 Å². The summed E-state index contributed by atoms with van der Waals surface area (Å²) in [6.45, 7) is 12.5. The third-order valence-corrected chi connectivity index (χ3v) is 6.60. The van der Waals surface area contributed by atoms with Crippen molar-refractivity contribution in [3.63, 3.8) is 0 Å². The van der Waals surface area contributed by atoms with E-state index in [9.17, 15) is 4.79 Å². The normalized spacial score (nSPS) is 21.5. The van der Waals surface area contributed by atoms with Gasteiger partial charge in [0.05, 0.1) is 5.39 Å². The predicted octanol–water partition coefficient (Wildman–Crippen LogP) is 4.72. The molecule has 2 aliphatic rings. The van der Waals surface area contributed by atoms with E-state index in [0.29, 0.717) is 23.7 Å². The summed E-state index contributed by atoms with van der Waals surface area (Å²) >= 11 is 0. The second kappa shape index (κ2) is 6.56. The number of hydrogen-bond acceptors (Lipinski definition) is 5. The Kier molecular flexibility index (Phi) is 4.28. The second-order valence-electron chi connectivity index (χ2n) is 10.3. The quantitative estimate of drug-likeness (QED) is 0.468. The van der Waals surface area contributed by atoms with Crippen LogP contribution in [0, 0.1) is 6.92 Å². The van der Waals surface area contributed by atoms with Crippen LogP contribution in [0.15, 0.2) is 39.5 Å². The van der Waals surface area contributed by atoms with Gasteiger partial charge in [-0.1, -0.05) is 18.2 Å². The smallest absolute Gasteiger partial charge is 0.344 e. The van der Waals surface area contributed by atoms with Crippen molar-refractivity contribution in [2.24, 2.45) is 0 Å². The lowest BCUT2D eigenvalue weighted by Crippen LogP contribution is -2.62. The number of fused-ring (bicyclic) bond motifs is 4. The van der Waals surface area contributed by atoms with Crippen LogP contribution in [0.5, 0.6) is 5.75 Å². The Morgan fingerprint density at radius 3 is 2.40 bits per heavy atom. The third-order valence-electron chi connectivity index (χ3n) is 6.60. The maximum absolute atomic E-state index is 12.5. The highest BCUT2D eigenvalue weighted by molar-refractivity contribution is 6.06. The number of hydrogen-bond donors (Lipinski definition) is 1. The van der Waals surface area contributed by atoms with Crippen LogP contribution in [-0.4, -0.2) is 28.8 Å². The van der Waals surface area contributed by atoms with Gasteiger partial charge in [0, 0.05) is 40.2 Å². The molecule has 0 amide bonds. The molecule has 0 aliphatic carbocycles. The monoisotopic (exact) mass is 406 g/mol. The van der Waals surface area contributed by atoms with Crippen molar-refractivity contribution in [3.8, 4) is 5.75 Å². The van der Waals surface area contributed by atoms with Crippen LogP contribution >= 0.6 is 0 Å². The average Bonchev–Trinajstić information content (AvgIpc) is 2.67. The molecule has 2 aliphatic heterocycles. The number of aryl methyl sites for hydroxylation is 1. The molecule has 0 unspecified atom stereocenters. The number of nitrogens with zero attached hydrogens (tertiary/aromatic N) is 1. The minimum absolute atomic E-state index is 0.0889. The summed E-state index contributed by atoms with van der Waals surface area (Å²) in [5.74, 6) is 0.865. The highest BCUT2D eigenvalue weighted by Crippen LogP contribution is 2.39. The molecule has 3 aromatic rings. The Labute approximate surface area is 177 Å². The summed E-state index contributed by atoms with van der Waals surface area (Å²) in [6, 6.07) is 10.3. The lowest BCUT2D eigenvalue weighted by molar-refractivity contribution is 0.00272. The first-order valence-electron chi connectivity index (χ1n) is 10.8. The fraction of sp³-hybridized carbons (Fsp3) is 0.480. The van der Waals surface area contributed by atoms with Gasteiger partial charge in [0.2, 0.25) is 0 Å². The van der Waals surface area contributed by atoms with Gasteiger partial charge in [-0.3, -0.25) is 4.90 Å². The molecule has 1 aromatic heterocycles. The molecule has 2 aromatic carbocycles. The van der Waals surface area contributed by atoms with Gasteiger partial charge < -0.3 is 14.5 Å². The second-order valence-corrected chi connectivity index (χ2v) is 10.3. The largest absolute Gasteiger partial charge is 0.477 e. The van der Waals surface area contributed by atoms with E-state index in [1.54, 1.807) is 0 Å². The molecule has 158 valence electrons. The van der Waals surface area contributed by atoms with Gasteiger partial charge in [-0.25, -0.2) is 4.79 Å². The van der Waals surface area contributed by atoms with Crippen LogP contribution in [-0.2, 0) is 6.54 Å². The fourth-order valence-electron chi connectivity index (χ4n) is 5.72. The van der Waals surface area contributed by atoms with E-state index in [-0.39, 0.29) is 16.7 Å². The van der Waals surface area contributed by atoms with E-state index in [4.69, 9.17) is 9.15 Å². The van der Waals surface area contributed by atoms with Crippen molar-refractivity contribution in [1.82, 2.24) is 10.2 Å². The molecular weight excluding hydrogens is 376 g/mol. The lowest BCUT2D eigenvalue weighted by atomic mass is 9.79. The van der Waals surface area contributed by atoms with E-state index < -0.39 is 0 Å². The first-order chi connectivity index (χ1) is 14.1. The maximum Gasteiger partial charge on any atom is 0.344 e. The molecule has 0 saturated carbocycles. The third kappa shape index (κ3) is 3.21. The van der Waals surface area contributed by atoms with Crippen LogP contribution in [0.4, 0.5) is 0 Å². The van der Waals surface area contributed by atoms with Crippen molar-refractivity contribution in [2.75, 3.05) is 6.73 Å². The average molecular weight is 407 g/mol. The molecule has 3 heterocycles. The topological polar surface area (TPSA) is 54.7 Å². The molecule has 5 rings (SSSR count). The van der Waals surface area contributed by atoms with Gasteiger partial charge in [0.25, 0.3) is 0 Å². The standard InChI is InChI=1S/C25H30N2O3/c1-15-21-16(10-20-18-8-6-7-9-19(18)23(28)30-22(15)20)13-27(14-29-21)17-11-24(2,3)26-25(4,5)12-17/h6-10,17,26H,11-14H2,1-5H3. The number of benzene rings is 2.